The molecule has 33 heavy (non-hydrogen) atoms. The van der Waals surface area contributed by atoms with Crippen molar-refractivity contribution in [2.75, 3.05) is 33.5 Å². The number of amides is 2. The molecule has 0 aliphatic carbocycles. The van der Waals surface area contributed by atoms with Gasteiger partial charge in [0.15, 0.2) is 18.1 Å². The third-order valence-corrected chi connectivity index (χ3v) is 5.52. The van der Waals surface area contributed by atoms with Gasteiger partial charge in [0.1, 0.15) is 12.4 Å². The Morgan fingerprint density at radius 2 is 1.82 bits per heavy atom. The van der Waals surface area contributed by atoms with Crippen LogP contribution in [0.1, 0.15) is 18.1 Å². The Morgan fingerprint density at radius 3 is 2.52 bits per heavy atom. The van der Waals surface area contributed by atoms with Crippen molar-refractivity contribution in [1.82, 2.24) is 4.90 Å². The fourth-order valence-corrected chi connectivity index (χ4v) is 3.83. The van der Waals surface area contributed by atoms with Crippen LogP contribution in [0.5, 0.6) is 17.2 Å². The number of hydrogen-bond donors (Lipinski definition) is 0. The van der Waals surface area contributed by atoms with Gasteiger partial charge in [-0.3, -0.25) is 14.5 Å². The second-order valence-electron chi connectivity index (χ2n) is 7.00. The predicted molar refractivity (Wildman–Crippen MR) is 124 cm³/mol. The zero-order chi connectivity index (χ0) is 23.8. The molecule has 0 spiro atoms. The molecule has 1 aliphatic rings. The molecule has 0 N–H and O–H groups in total. The number of imide groups is 1. The van der Waals surface area contributed by atoms with Crippen LogP contribution < -0.4 is 14.2 Å². The van der Waals surface area contributed by atoms with E-state index in [2.05, 4.69) is 0 Å². The summed E-state index contributed by atoms with van der Waals surface area (Å²) in [5.74, 6) is 0.575. The average molecular weight is 472 g/mol. The highest BCUT2D eigenvalue weighted by molar-refractivity contribution is 8.18. The van der Waals surface area contributed by atoms with Crippen molar-refractivity contribution in [1.29, 1.82) is 0 Å². The number of nitrogens with zero attached hydrogens (tertiary/aromatic N) is 1. The first-order chi connectivity index (χ1) is 15.9. The summed E-state index contributed by atoms with van der Waals surface area (Å²) >= 11 is 0.872. The lowest BCUT2D eigenvalue weighted by Crippen LogP contribution is -2.32. The molecular weight excluding hydrogens is 446 g/mol. The zero-order valence-electron chi connectivity index (χ0n) is 18.7. The van der Waals surface area contributed by atoms with E-state index in [9.17, 15) is 14.4 Å². The molecule has 9 heteroatoms. The maximum Gasteiger partial charge on any atom is 0.344 e. The average Bonchev–Trinajstić information content (AvgIpc) is 3.06. The molecule has 3 rings (SSSR count). The van der Waals surface area contributed by atoms with Crippen molar-refractivity contribution in [3.05, 3.63) is 58.5 Å². The van der Waals surface area contributed by atoms with E-state index in [1.54, 1.807) is 31.2 Å². The van der Waals surface area contributed by atoms with Gasteiger partial charge in [-0.05, 0) is 61.5 Å². The summed E-state index contributed by atoms with van der Waals surface area (Å²) in [6, 6.07) is 12.5. The van der Waals surface area contributed by atoms with Crippen LogP contribution in [0.2, 0.25) is 0 Å². The lowest BCUT2D eigenvalue weighted by Gasteiger charge is -2.13. The summed E-state index contributed by atoms with van der Waals surface area (Å²) in [5, 5.41) is -0.347. The Morgan fingerprint density at radius 1 is 1.06 bits per heavy atom. The van der Waals surface area contributed by atoms with E-state index in [-0.39, 0.29) is 37.5 Å². The molecule has 0 saturated carbocycles. The Hall–Kier alpha value is -3.46. The first kappa shape index (κ1) is 24.2. The second kappa shape index (κ2) is 11.4. The summed E-state index contributed by atoms with van der Waals surface area (Å²) in [6.45, 7) is 4.08. The van der Waals surface area contributed by atoms with E-state index in [1.807, 2.05) is 31.2 Å². The van der Waals surface area contributed by atoms with Gasteiger partial charge in [-0.25, -0.2) is 4.79 Å². The van der Waals surface area contributed by atoms with Gasteiger partial charge in [-0.2, -0.15) is 0 Å². The standard InChI is InChI=1S/C24H25NO7S/c1-4-30-22(26)15-32-19-10-7-17(13-20(19)29-3)14-21-23(27)25(24(28)33-21)11-12-31-18-8-5-16(2)6-9-18/h5-10,13-14H,4,11-12,15H2,1-3H3/b21-14-. The van der Waals surface area contributed by atoms with Gasteiger partial charge in [0, 0.05) is 0 Å². The first-order valence-corrected chi connectivity index (χ1v) is 11.1. The van der Waals surface area contributed by atoms with Gasteiger partial charge < -0.3 is 18.9 Å². The van der Waals surface area contributed by atoms with Crippen molar-refractivity contribution in [2.24, 2.45) is 0 Å². The second-order valence-corrected chi connectivity index (χ2v) is 7.99. The smallest absolute Gasteiger partial charge is 0.344 e. The predicted octanol–water partition coefficient (Wildman–Crippen LogP) is 4.06. The van der Waals surface area contributed by atoms with Gasteiger partial charge in [-0.15, -0.1) is 0 Å². The molecule has 0 radical (unpaired) electrons. The van der Waals surface area contributed by atoms with Crippen molar-refractivity contribution in [3.8, 4) is 17.2 Å². The summed E-state index contributed by atoms with van der Waals surface area (Å²) < 4.78 is 21.2. The molecule has 174 valence electrons. The minimum absolute atomic E-state index is 0.153. The number of benzene rings is 2. The Labute approximate surface area is 196 Å². The normalized spacial score (nSPS) is 14.5. The number of hydrogen-bond acceptors (Lipinski definition) is 8. The molecule has 1 aliphatic heterocycles. The summed E-state index contributed by atoms with van der Waals surface area (Å²) in [5.41, 5.74) is 1.77. The van der Waals surface area contributed by atoms with Crippen LogP contribution >= 0.6 is 11.8 Å². The third kappa shape index (κ3) is 6.52. The van der Waals surface area contributed by atoms with E-state index in [0.29, 0.717) is 27.7 Å². The maximum absolute atomic E-state index is 12.7. The SMILES string of the molecule is CCOC(=O)COc1ccc(/C=C2\SC(=O)N(CCOc3ccc(C)cc3)C2=O)cc1OC. The number of carbonyl (C=O) groups excluding carboxylic acids is 3. The van der Waals surface area contributed by atoms with Crippen LogP contribution in [-0.2, 0) is 14.3 Å². The van der Waals surface area contributed by atoms with Gasteiger partial charge >= 0.3 is 5.97 Å². The fraction of sp³-hybridized carbons (Fsp3) is 0.292. The van der Waals surface area contributed by atoms with E-state index >= 15 is 0 Å². The molecule has 0 aromatic heterocycles. The van der Waals surface area contributed by atoms with Crippen LogP contribution in [0.3, 0.4) is 0 Å². The highest BCUT2D eigenvalue weighted by Crippen LogP contribution is 2.34. The molecule has 8 nitrogen and oxygen atoms in total. The molecule has 1 fully saturated rings. The van der Waals surface area contributed by atoms with Gasteiger partial charge in [0.05, 0.1) is 25.2 Å². The molecule has 1 saturated heterocycles. The van der Waals surface area contributed by atoms with Crippen LogP contribution in [0.15, 0.2) is 47.4 Å². The molecule has 0 unspecified atom stereocenters. The van der Waals surface area contributed by atoms with Crippen LogP contribution in [-0.4, -0.2) is 55.5 Å². The van der Waals surface area contributed by atoms with Crippen LogP contribution in [0, 0.1) is 6.92 Å². The number of aryl methyl sites for hydroxylation is 1. The van der Waals surface area contributed by atoms with Crippen molar-refractivity contribution in [2.45, 2.75) is 13.8 Å². The van der Waals surface area contributed by atoms with E-state index in [4.69, 9.17) is 18.9 Å². The monoisotopic (exact) mass is 471 g/mol. The molecule has 2 amide bonds. The Balaban J connectivity index is 1.62. The van der Waals surface area contributed by atoms with Crippen molar-refractivity contribution >= 4 is 35.0 Å². The number of carbonyl (C=O) groups is 3. The third-order valence-electron chi connectivity index (χ3n) is 4.61. The number of thioether (sulfide) groups is 1. The van der Waals surface area contributed by atoms with E-state index in [1.165, 1.54) is 12.0 Å². The van der Waals surface area contributed by atoms with Crippen molar-refractivity contribution in [3.63, 3.8) is 0 Å². The number of rotatable bonds is 10. The lowest BCUT2D eigenvalue weighted by molar-refractivity contribution is -0.145. The minimum Gasteiger partial charge on any atom is -0.493 e. The molecular formula is C24H25NO7S. The maximum atomic E-state index is 12.7. The van der Waals surface area contributed by atoms with Crippen molar-refractivity contribution < 1.29 is 33.3 Å². The van der Waals surface area contributed by atoms with Gasteiger partial charge in [0.2, 0.25) is 0 Å². The highest BCUT2D eigenvalue weighted by Gasteiger charge is 2.34. The number of methoxy groups -OCH3 is 1. The zero-order valence-corrected chi connectivity index (χ0v) is 19.5. The molecule has 2 aromatic carbocycles. The summed E-state index contributed by atoms with van der Waals surface area (Å²) in [7, 11) is 1.47. The summed E-state index contributed by atoms with van der Waals surface area (Å²) in [6.07, 6.45) is 1.61. The molecule has 0 bridgehead atoms. The highest BCUT2D eigenvalue weighted by atomic mass is 32.2. The lowest BCUT2D eigenvalue weighted by atomic mass is 10.2. The quantitative estimate of drug-likeness (QED) is 0.378. The number of ether oxygens (including phenoxy) is 4. The van der Waals surface area contributed by atoms with Crippen LogP contribution in [0.25, 0.3) is 6.08 Å². The topological polar surface area (TPSA) is 91.4 Å². The first-order valence-electron chi connectivity index (χ1n) is 10.3. The Kier molecular flexibility index (Phi) is 8.37. The summed E-state index contributed by atoms with van der Waals surface area (Å²) in [4.78, 5) is 38.0. The largest absolute Gasteiger partial charge is 0.493 e. The van der Waals surface area contributed by atoms with Gasteiger partial charge in [-0.1, -0.05) is 23.8 Å². The fourth-order valence-electron chi connectivity index (χ4n) is 2.97. The van der Waals surface area contributed by atoms with Gasteiger partial charge in [0.25, 0.3) is 11.1 Å². The minimum atomic E-state index is -0.483. The van der Waals surface area contributed by atoms with E-state index in [0.717, 1.165) is 17.3 Å². The molecule has 0 atom stereocenters. The van der Waals surface area contributed by atoms with E-state index < -0.39 is 5.97 Å². The molecule has 1 heterocycles. The Bertz CT molecular complexity index is 1050. The molecule has 2 aromatic rings. The van der Waals surface area contributed by atoms with Crippen LogP contribution in [0.4, 0.5) is 4.79 Å². The number of esters is 1.